The maximum absolute atomic E-state index is 12.6. The van der Waals surface area contributed by atoms with E-state index in [0.29, 0.717) is 43.2 Å². The summed E-state index contributed by atoms with van der Waals surface area (Å²) < 4.78 is 5.26. The number of carbonyl (C=O) groups is 3. The summed E-state index contributed by atoms with van der Waals surface area (Å²) in [7, 11) is 1.80. The van der Waals surface area contributed by atoms with E-state index in [2.05, 4.69) is 10.6 Å². The molecule has 1 atom stereocenters. The van der Waals surface area contributed by atoms with Crippen LogP contribution in [0.1, 0.15) is 10.4 Å². The summed E-state index contributed by atoms with van der Waals surface area (Å²) in [5.41, 5.74) is 1.48. The molecule has 0 radical (unpaired) electrons. The van der Waals surface area contributed by atoms with Gasteiger partial charge in [0.1, 0.15) is 0 Å². The van der Waals surface area contributed by atoms with Crippen molar-refractivity contribution in [3.8, 4) is 0 Å². The fraction of sp³-hybridized carbons (Fsp3) is 0.318. The average Bonchev–Trinajstić information content (AvgIpc) is 2.75. The second-order valence-electron chi connectivity index (χ2n) is 7.22. The number of hydrogen-bond acceptors (Lipinski definition) is 4. The minimum Gasteiger partial charge on any atom is -0.378 e. The number of anilines is 2. The Morgan fingerprint density at radius 2 is 1.60 bits per heavy atom. The van der Waals surface area contributed by atoms with Crippen molar-refractivity contribution < 1.29 is 24.0 Å². The number of morpholine rings is 1. The quantitative estimate of drug-likeness (QED) is 0.609. The molecule has 1 fully saturated rings. The maximum Gasteiger partial charge on any atom is 0.279 e. The summed E-state index contributed by atoms with van der Waals surface area (Å²) in [6, 6.07) is 16.0. The minimum atomic E-state index is -0.305. The number of likely N-dealkylation sites (N-methyl/N-ethyl adjacent to an activating group) is 1. The molecule has 3 amide bonds. The summed E-state index contributed by atoms with van der Waals surface area (Å²) in [5.74, 6) is -0.561. The van der Waals surface area contributed by atoms with Gasteiger partial charge in [-0.15, -0.1) is 0 Å². The van der Waals surface area contributed by atoms with Crippen LogP contribution < -0.4 is 15.5 Å². The maximum atomic E-state index is 12.6. The highest BCUT2D eigenvalue weighted by atomic mass is 16.5. The van der Waals surface area contributed by atoms with Crippen LogP contribution >= 0.6 is 0 Å². The van der Waals surface area contributed by atoms with Crippen molar-refractivity contribution in [3.05, 3.63) is 60.2 Å². The number of rotatable bonds is 7. The van der Waals surface area contributed by atoms with E-state index in [4.69, 9.17) is 4.74 Å². The molecule has 8 nitrogen and oxygen atoms in total. The third kappa shape index (κ3) is 6.13. The molecule has 0 spiro atoms. The van der Waals surface area contributed by atoms with Crippen LogP contribution in [-0.2, 0) is 14.3 Å². The van der Waals surface area contributed by atoms with E-state index >= 15 is 0 Å². The Labute approximate surface area is 175 Å². The fourth-order valence-corrected chi connectivity index (χ4v) is 3.22. The van der Waals surface area contributed by atoms with Gasteiger partial charge in [0, 0.05) is 18.8 Å². The molecule has 3 N–H and O–H groups in total. The van der Waals surface area contributed by atoms with Gasteiger partial charge in [-0.1, -0.05) is 30.3 Å². The molecule has 1 saturated heterocycles. The fourth-order valence-electron chi connectivity index (χ4n) is 3.22. The van der Waals surface area contributed by atoms with Gasteiger partial charge in [-0.2, -0.15) is 0 Å². The number of nitrogens with one attached hydrogen (secondary N) is 3. The largest absolute Gasteiger partial charge is 0.378 e. The van der Waals surface area contributed by atoms with Gasteiger partial charge in [0.2, 0.25) is 0 Å². The third-order valence-corrected chi connectivity index (χ3v) is 4.76. The standard InChI is InChI=1S/C22H26N4O4/c1-25(16-21(28)26-11-13-30-14-12-26)15-20(27)24-19-10-6-5-9-18(19)22(29)23-17-7-3-2-4-8-17/h2-10H,11-16H2,1H3,(H,23,29)(H,24,27)/p+1. The van der Waals surface area contributed by atoms with E-state index in [1.165, 1.54) is 0 Å². The van der Waals surface area contributed by atoms with Gasteiger partial charge < -0.3 is 25.2 Å². The number of ether oxygens (including phenoxy) is 1. The summed E-state index contributed by atoms with van der Waals surface area (Å²) in [6.07, 6.45) is 0. The predicted octanol–water partition coefficient (Wildman–Crippen LogP) is 0.251. The van der Waals surface area contributed by atoms with Gasteiger partial charge in [-0.25, -0.2) is 0 Å². The van der Waals surface area contributed by atoms with Crippen molar-refractivity contribution in [2.75, 3.05) is 57.1 Å². The molecule has 3 rings (SSSR count). The van der Waals surface area contributed by atoms with E-state index < -0.39 is 0 Å². The lowest BCUT2D eigenvalue weighted by Crippen LogP contribution is -3.11. The third-order valence-electron chi connectivity index (χ3n) is 4.76. The monoisotopic (exact) mass is 411 g/mol. The van der Waals surface area contributed by atoms with E-state index in [1.54, 1.807) is 48.3 Å². The van der Waals surface area contributed by atoms with E-state index in [0.717, 1.165) is 4.90 Å². The zero-order chi connectivity index (χ0) is 21.3. The van der Waals surface area contributed by atoms with E-state index in [1.807, 2.05) is 18.2 Å². The zero-order valence-corrected chi connectivity index (χ0v) is 17.0. The molecule has 0 aliphatic carbocycles. The topological polar surface area (TPSA) is 92.2 Å². The number of para-hydroxylation sites is 2. The Morgan fingerprint density at radius 1 is 0.933 bits per heavy atom. The van der Waals surface area contributed by atoms with Gasteiger partial charge in [-0.3, -0.25) is 14.4 Å². The second kappa shape index (κ2) is 10.5. The smallest absolute Gasteiger partial charge is 0.279 e. The Morgan fingerprint density at radius 3 is 2.33 bits per heavy atom. The van der Waals surface area contributed by atoms with E-state index in [-0.39, 0.29) is 30.8 Å². The Kier molecular flexibility index (Phi) is 7.53. The molecule has 1 heterocycles. The van der Waals surface area contributed by atoms with E-state index in [9.17, 15) is 14.4 Å². The first-order valence-electron chi connectivity index (χ1n) is 9.95. The molecule has 0 saturated carbocycles. The molecule has 2 aromatic rings. The Hall–Kier alpha value is -3.23. The molecule has 1 aliphatic rings. The van der Waals surface area contributed by atoms with Crippen LogP contribution in [0.3, 0.4) is 0 Å². The summed E-state index contributed by atoms with van der Waals surface area (Å²) in [4.78, 5) is 40.0. The number of nitrogens with zero attached hydrogens (tertiary/aromatic N) is 1. The summed E-state index contributed by atoms with van der Waals surface area (Å²) in [5, 5.41) is 5.61. The number of quaternary nitrogens is 1. The SMILES string of the molecule is C[NH+](CC(=O)Nc1ccccc1C(=O)Nc1ccccc1)CC(=O)N1CCOCC1. The van der Waals surface area contributed by atoms with Crippen molar-refractivity contribution >= 4 is 29.1 Å². The normalized spacial score (nSPS) is 14.6. The van der Waals surface area contributed by atoms with Crippen LogP contribution in [0.5, 0.6) is 0 Å². The molecular weight excluding hydrogens is 384 g/mol. The van der Waals surface area contributed by atoms with Crippen LogP contribution in [0.15, 0.2) is 54.6 Å². The lowest BCUT2D eigenvalue weighted by Gasteiger charge is -2.27. The van der Waals surface area contributed by atoms with Gasteiger partial charge in [0.25, 0.3) is 17.7 Å². The van der Waals surface area contributed by atoms with Crippen molar-refractivity contribution in [3.63, 3.8) is 0 Å². The molecule has 8 heteroatoms. The molecule has 2 aromatic carbocycles. The Balaban J connectivity index is 1.56. The molecule has 0 bridgehead atoms. The van der Waals surface area contributed by atoms with Crippen molar-refractivity contribution in [2.45, 2.75) is 0 Å². The molecular formula is C22H27N4O4+. The van der Waals surface area contributed by atoms with Crippen molar-refractivity contribution in [1.29, 1.82) is 0 Å². The average molecular weight is 411 g/mol. The number of hydrogen-bond donors (Lipinski definition) is 3. The molecule has 158 valence electrons. The summed E-state index contributed by atoms with van der Waals surface area (Å²) >= 11 is 0. The van der Waals surface area contributed by atoms with Crippen LogP contribution in [0.25, 0.3) is 0 Å². The van der Waals surface area contributed by atoms with Crippen LogP contribution in [-0.4, -0.2) is 69.1 Å². The van der Waals surface area contributed by atoms with Gasteiger partial charge >= 0.3 is 0 Å². The highest BCUT2D eigenvalue weighted by Gasteiger charge is 2.22. The number of carbonyl (C=O) groups excluding carboxylic acids is 3. The van der Waals surface area contributed by atoms with Gasteiger partial charge in [0.15, 0.2) is 13.1 Å². The van der Waals surface area contributed by atoms with Crippen molar-refractivity contribution in [1.82, 2.24) is 4.90 Å². The number of amides is 3. The molecule has 1 unspecified atom stereocenters. The highest BCUT2D eigenvalue weighted by Crippen LogP contribution is 2.17. The Bertz CT molecular complexity index is 882. The molecule has 0 aromatic heterocycles. The van der Waals surface area contributed by atoms with Gasteiger partial charge in [0.05, 0.1) is 31.5 Å². The number of benzene rings is 2. The first-order valence-corrected chi connectivity index (χ1v) is 9.95. The highest BCUT2D eigenvalue weighted by molar-refractivity contribution is 6.10. The molecule has 30 heavy (non-hydrogen) atoms. The predicted molar refractivity (Wildman–Crippen MR) is 113 cm³/mol. The van der Waals surface area contributed by atoms with Crippen molar-refractivity contribution in [2.24, 2.45) is 0 Å². The zero-order valence-electron chi connectivity index (χ0n) is 17.0. The van der Waals surface area contributed by atoms with Gasteiger partial charge in [-0.05, 0) is 24.3 Å². The lowest BCUT2D eigenvalue weighted by molar-refractivity contribution is -0.862. The minimum absolute atomic E-state index is 0.00578. The lowest BCUT2D eigenvalue weighted by atomic mass is 10.1. The summed E-state index contributed by atoms with van der Waals surface area (Å²) in [6.45, 7) is 2.61. The van der Waals surface area contributed by atoms with Crippen LogP contribution in [0, 0.1) is 0 Å². The molecule has 1 aliphatic heterocycles. The van der Waals surface area contributed by atoms with Crippen LogP contribution in [0.2, 0.25) is 0 Å². The van der Waals surface area contributed by atoms with Crippen LogP contribution in [0.4, 0.5) is 11.4 Å². The first kappa shape index (κ1) is 21.5. The first-order chi connectivity index (χ1) is 14.5. The second-order valence-corrected chi connectivity index (χ2v) is 7.22.